The van der Waals surface area contributed by atoms with Crippen molar-refractivity contribution in [3.05, 3.63) is 29.8 Å². The van der Waals surface area contributed by atoms with Gasteiger partial charge >= 0.3 is 0 Å². The van der Waals surface area contributed by atoms with Crippen molar-refractivity contribution in [1.29, 1.82) is 0 Å². The van der Waals surface area contributed by atoms with Gasteiger partial charge in [-0.25, -0.2) is 0 Å². The number of hydrogen-bond acceptors (Lipinski definition) is 3. The highest BCUT2D eigenvalue weighted by Gasteiger charge is 2.30. The highest BCUT2D eigenvalue weighted by atomic mass is 16.2. The molecule has 2 amide bonds. The highest BCUT2D eigenvalue weighted by Crippen LogP contribution is 2.30. The van der Waals surface area contributed by atoms with Crippen LogP contribution in [0.3, 0.4) is 0 Å². The van der Waals surface area contributed by atoms with Crippen LogP contribution in [0.1, 0.15) is 29.6 Å². The van der Waals surface area contributed by atoms with E-state index in [0.29, 0.717) is 24.3 Å². The molecule has 2 aliphatic rings. The lowest BCUT2D eigenvalue weighted by atomic mass is 10.1. The summed E-state index contributed by atoms with van der Waals surface area (Å²) in [5.41, 5.74) is 7.12. The standard InChI is InChI=1S/C15H19N3O2/c16-12-6-7-18(9-12)15(20)11-2-1-3-13(8-11)17-14(19)10-4-5-10/h1-3,8,10,12H,4-7,9,16H2,(H,17,19)/t12-/m1/s1. The van der Waals surface area contributed by atoms with Crippen molar-refractivity contribution in [2.45, 2.75) is 25.3 Å². The number of nitrogens with zero attached hydrogens (tertiary/aromatic N) is 1. The molecule has 0 radical (unpaired) electrons. The zero-order valence-corrected chi connectivity index (χ0v) is 11.3. The van der Waals surface area contributed by atoms with Crippen LogP contribution in [0, 0.1) is 5.92 Å². The van der Waals surface area contributed by atoms with E-state index in [0.717, 1.165) is 19.3 Å². The van der Waals surface area contributed by atoms with Crippen LogP contribution in [0.25, 0.3) is 0 Å². The van der Waals surface area contributed by atoms with Gasteiger partial charge in [0, 0.05) is 36.3 Å². The molecule has 1 aromatic rings. The van der Waals surface area contributed by atoms with Gasteiger partial charge in [-0.2, -0.15) is 0 Å². The molecule has 0 spiro atoms. The molecule has 1 heterocycles. The van der Waals surface area contributed by atoms with Gasteiger partial charge in [-0.1, -0.05) is 6.07 Å². The first-order valence-electron chi connectivity index (χ1n) is 7.09. The van der Waals surface area contributed by atoms with Crippen molar-refractivity contribution < 1.29 is 9.59 Å². The summed E-state index contributed by atoms with van der Waals surface area (Å²) in [5, 5.41) is 2.86. The molecular formula is C15H19N3O2. The second-order valence-corrected chi connectivity index (χ2v) is 5.64. The van der Waals surface area contributed by atoms with Gasteiger partial charge in [0.15, 0.2) is 0 Å². The molecule has 1 atom stereocenters. The SMILES string of the molecule is N[C@@H]1CCN(C(=O)c2cccc(NC(=O)C3CC3)c2)C1. The van der Waals surface area contributed by atoms with E-state index >= 15 is 0 Å². The maximum absolute atomic E-state index is 12.3. The molecule has 2 fully saturated rings. The van der Waals surface area contributed by atoms with Gasteiger partial charge in [0.25, 0.3) is 5.91 Å². The monoisotopic (exact) mass is 273 g/mol. The van der Waals surface area contributed by atoms with Crippen LogP contribution in [0.4, 0.5) is 5.69 Å². The van der Waals surface area contributed by atoms with Gasteiger partial charge in [-0.05, 0) is 37.5 Å². The van der Waals surface area contributed by atoms with Crippen LogP contribution in [0.5, 0.6) is 0 Å². The highest BCUT2D eigenvalue weighted by molar-refractivity contribution is 5.98. The predicted octanol–water partition coefficient (Wildman–Crippen LogP) is 1.21. The van der Waals surface area contributed by atoms with E-state index in [-0.39, 0.29) is 23.8 Å². The maximum atomic E-state index is 12.3. The Bertz CT molecular complexity index is 540. The molecule has 0 unspecified atom stereocenters. The fourth-order valence-corrected chi connectivity index (χ4v) is 2.47. The lowest BCUT2D eigenvalue weighted by molar-refractivity contribution is -0.117. The molecule has 106 valence electrons. The summed E-state index contributed by atoms with van der Waals surface area (Å²) in [7, 11) is 0. The Labute approximate surface area is 118 Å². The molecule has 3 rings (SSSR count). The predicted molar refractivity (Wildman–Crippen MR) is 76.3 cm³/mol. The largest absolute Gasteiger partial charge is 0.337 e. The fraction of sp³-hybridized carbons (Fsp3) is 0.467. The first kappa shape index (κ1) is 13.1. The van der Waals surface area contributed by atoms with Gasteiger partial charge in [-0.3, -0.25) is 9.59 Å². The Kier molecular flexibility index (Phi) is 3.44. The Balaban J connectivity index is 1.70. The van der Waals surface area contributed by atoms with E-state index in [2.05, 4.69) is 5.32 Å². The molecule has 3 N–H and O–H groups in total. The van der Waals surface area contributed by atoms with E-state index in [4.69, 9.17) is 5.73 Å². The zero-order valence-electron chi connectivity index (χ0n) is 11.3. The quantitative estimate of drug-likeness (QED) is 0.869. The molecule has 20 heavy (non-hydrogen) atoms. The molecule has 5 nitrogen and oxygen atoms in total. The Morgan fingerprint density at radius 1 is 1.25 bits per heavy atom. The lowest BCUT2D eigenvalue weighted by Crippen LogP contribution is -2.31. The summed E-state index contributed by atoms with van der Waals surface area (Å²) < 4.78 is 0. The summed E-state index contributed by atoms with van der Waals surface area (Å²) in [6.07, 6.45) is 2.79. The van der Waals surface area contributed by atoms with Crippen LogP contribution in [-0.4, -0.2) is 35.8 Å². The summed E-state index contributed by atoms with van der Waals surface area (Å²) in [4.78, 5) is 25.8. The number of carbonyl (C=O) groups is 2. The average Bonchev–Trinajstić information content (AvgIpc) is 3.21. The number of nitrogens with two attached hydrogens (primary N) is 1. The first-order chi connectivity index (χ1) is 9.63. The molecule has 0 bridgehead atoms. The lowest BCUT2D eigenvalue weighted by Gasteiger charge is -2.16. The first-order valence-corrected chi connectivity index (χ1v) is 7.09. The van der Waals surface area contributed by atoms with E-state index in [1.165, 1.54) is 0 Å². The molecule has 1 aliphatic heterocycles. The smallest absolute Gasteiger partial charge is 0.253 e. The molecular weight excluding hydrogens is 254 g/mol. The summed E-state index contributed by atoms with van der Waals surface area (Å²) in [5.74, 6) is 0.198. The normalized spacial score (nSPS) is 21.9. The van der Waals surface area contributed by atoms with Crippen molar-refractivity contribution in [3.8, 4) is 0 Å². The van der Waals surface area contributed by atoms with E-state index in [1.54, 1.807) is 23.1 Å². The third kappa shape index (κ3) is 2.82. The molecule has 5 heteroatoms. The molecule has 1 aliphatic carbocycles. The fourth-order valence-electron chi connectivity index (χ4n) is 2.47. The van der Waals surface area contributed by atoms with Gasteiger partial charge in [0.05, 0.1) is 0 Å². The molecule has 1 saturated heterocycles. The number of carbonyl (C=O) groups excluding carboxylic acids is 2. The minimum absolute atomic E-state index is 0.0135. The number of rotatable bonds is 3. The van der Waals surface area contributed by atoms with E-state index in [9.17, 15) is 9.59 Å². The van der Waals surface area contributed by atoms with Crippen molar-refractivity contribution in [2.24, 2.45) is 11.7 Å². The van der Waals surface area contributed by atoms with Crippen molar-refractivity contribution in [2.75, 3.05) is 18.4 Å². The van der Waals surface area contributed by atoms with Crippen LogP contribution in [-0.2, 0) is 4.79 Å². The Morgan fingerprint density at radius 2 is 2.05 bits per heavy atom. The number of hydrogen-bond donors (Lipinski definition) is 2. The topological polar surface area (TPSA) is 75.4 Å². The molecule has 0 aromatic heterocycles. The number of nitrogens with one attached hydrogen (secondary N) is 1. The van der Waals surface area contributed by atoms with Crippen LogP contribution in [0.2, 0.25) is 0 Å². The van der Waals surface area contributed by atoms with Gasteiger partial charge in [-0.15, -0.1) is 0 Å². The second-order valence-electron chi connectivity index (χ2n) is 5.64. The Hall–Kier alpha value is -1.88. The van der Waals surface area contributed by atoms with E-state index in [1.807, 2.05) is 6.07 Å². The van der Waals surface area contributed by atoms with Gasteiger partial charge in [0.1, 0.15) is 0 Å². The van der Waals surface area contributed by atoms with Crippen LogP contribution >= 0.6 is 0 Å². The average molecular weight is 273 g/mol. The van der Waals surface area contributed by atoms with Gasteiger partial charge < -0.3 is 16.0 Å². The van der Waals surface area contributed by atoms with Crippen molar-refractivity contribution in [3.63, 3.8) is 0 Å². The van der Waals surface area contributed by atoms with Crippen LogP contribution < -0.4 is 11.1 Å². The summed E-state index contributed by atoms with van der Waals surface area (Å²) >= 11 is 0. The molecule has 1 aromatic carbocycles. The third-order valence-corrected chi connectivity index (χ3v) is 3.84. The van der Waals surface area contributed by atoms with Crippen molar-refractivity contribution in [1.82, 2.24) is 4.90 Å². The summed E-state index contributed by atoms with van der Waals surface area (Å²) in [6, 6.07) is 7.21. The Morgan fingerprint density at radius 3 is 2.70 bits per heavy atom. The minimum Gasteiger partial charge on any atom is -0.337 e. The third-order valence-electron chi connectivity index (χ3n) is 3.84. The van der Waals surface area contributed by atoms with Gasteiger partial charge in [0.2, 0.25) is 5.91 Å². The number of anilines is 1. The van der Waals surface area contributed by atoms with Crippen LogP contribution in [0.15, 0.2) is 24.3 Å². The molecule has 1 saturated carbocycles. The second kappa shape index (κ2) is 5.25. The minimum atomic E-state index is -0.0135. The summed E-state index contributed by atoms with van der Waals surface area (Å²) in [6.45, 7) is 1.32. The number of likely N-dealkylation sites (tertiary alicyclic amines) is 1. The van der Waals surface area contributed by atoms with E-state index < -0.39 is 0 Å². The number of amides is 2. The van der Waals surface area contributed by atoms with Crippen molar-refractivity contribution >= 4 is 17.5 Å². The maximum Gasteiger partial charge on any atom is 0.253 e. The number of benzene rings is 1. The zero-order chi connectivity index (χ0) is 14.1.